The van der Waals surface area contributed by atoms with E-state index in [1.807, 2.05) is 7.05 Å². The van der Waals surface area contributed by atoms with Crippen LogP contribution in [0.15, 0.2) is 29.3 Å². The predicted molar refractivity (Wildman–Crippen MR) is 103 cm³/mol. The lowest BCUT2D eigenvalue weighted by Gasteiger charge is -2.33. The Balaban J connectivity index is 2.00. The van der Waals surface area contributed by atoms with E-state index in [-0.39, 0.29) is 0 Å². The number of nitrogens with one attached hydrogen (secondary N) is 1. The van der Waals surface area contributed by atoms with Gasteiger partial charge < -0.3 is 10.2 Å². The van der Waals surface area contributed by atoms with Crippen LogP contribution in [0.1, 0.15) is 44.7 Å². The summed E-state index contributed by atoms with van der Waals surface area (Å²) in [6.07, 6.45) is 2.59. The monoisotopic (exact) mass is 330 g/mol. The van der Waals surface area contributed by atoms with Crippen LogP contribution >= 0.6 is 0 Å². The quantitative estimate of drug-likeness (QED) is 0.663. The van der Waals surface area contributed by atoms with Crippen molar-refractivity contribution in [3.8, 4) is 0 Å². The van der Waals surface area contributed by atoms with Crippen molar-refractivity contribution in [2.24, 2.45) is 10.9 Å². The van der Waals surface area contributed by atoms with E-state index < -0.39 is 0 Å². The molecule has 0 amide bonds. The average Bonchev–Trinajstić information content (AvgIpc) is 2.56. The van der Waals surface area contributed by atoms with E-state index in [4.69, 9.17) is 0 Å². The fraction of sp³-hybridized carbons (Fsp3) is 0.650. The van der Waals surface area contributed by atoms with Gasteiger partial charge in [0.1, 0.15) is 0 Å². The molecule has 0 radical (unpaired) electrons. The van der Waals surface area contributed by atoms with Gasteiger partial charge in [-0.2, -0.15) is 0 Å². The lowest BCUT2D eigenvalue weighted by molar-refractivity contribution is 0.263. The van der Waals surface area contributed by atoms with Gasteiger partial charge in [0, 0.05) is 39.3 Å². The van der Waals surface area contributed by atoms with Gasteiger partial charge >= 0.3 is 0 Å². The number of guanidine groups is 1. The zero-order chi connectivity index (χ0) is 17.5. The summed E-state index contributed by atoms with van der Waals surface area (Å²) < 4.78 is 0. The van der Waals surface area contributed by atoms with Crippen LogP contribution in [0, 0.1) is 5.92 Å². The molecular formula is C20H34N4. The molecule has 1 aromatic carbocycles. The van der Waals surface area contributed by atoms with Crippen LogP contribution in [0.4, 0.5) is 0 Å². The molecule has 134 valence electrons. The first-order chi connectivity index (χ1) is 11.5. The molecule has 0 saturated carbocycles. The van der Waals surface area contributed by atoms with Crippen LogP contribution in [0.5, 0.6) is 0 Å². The minimum Gasteiger partial charge on any atom is -0.352 e. The molecule has 1 aliphatic rings. The summed E-state index contributed by atoms with van der Waals surface area (Å²) in [5.41, 5.74) is 2.75. The first kappa shape index (κ1) is 18.8. The molecule has 0 bridgehead atoms. The molecule has 1 N–H and O–H groups in total. The number of hydrogen-bond donors (Lipinski definition) is 1. The number of benzene rings is 1. The van der Waals surface area contributed by atoms with Gasteiger partial charge in [0.15, 0.2) is 5.96 Å². The molecule has 4 nitrogen and oxygen atoms in total. The molecule has 1 unspecified atom stereocenters. The molecule has 1 aromatic rings. The predicted octanol–water partition coefficient (Wildman–Crippen LogP) is 3.33. The van der Waals surface area contributed by atoms with Gasteiger partial charge in [0.25, 0.3) is 0 Å². The normalized spacial score (nSPS) is 19.2. The Morgan fingerprint density at radius 3 is 2.67 bits per heavy atom. The van der Waals surface area contributed by atoms with E-state index >= 15 is 0 Å². The first-order valence-electron chi connectivity index (χ1n) is 9.24. The maximum absolute atomic E-state index is 4.50. The van der Waals surface area contributed by atoms with Gasteiger partial charge in [-0.1, -0.05) is 31.2 Å². The molecule has 0 spiro atoms. The number of rotatable bonds is 5. The third kappa shape index (κ3) is 5.23. The Morgan fingerprint density at radius 2 is 2.04 bits per heavy atom. The van der Waals surface area contributed by atoms with E-state index in [2.05, 4.69) is 72.2 Å². The molecule has 1 aliphatic heterocycles. The molecule has 24 heavy (non-hydrogen) atoms. The van der Waals surface area contributed by atoms with Crippen molar-refractivity contribution in [1.82, 2.24) is 15.1 Å². The number of hydrogen-bond acceptors (Lipinski definition) is 2. The molecule has 0 aliphatic carbocycles. The van der Waals surface area contributed by atoms with Gasteiger partial charge in [0.2, 0.25) is 0 Å². The van der Waals surface area contributed by atoms with Crippen LogP contribution in [-0.2, 0) is 13.1 Å². The Kier molecular flexibility index (Phi) is 7.10. The van der Waals surface area contributed by atoms with E-state index in [0.29, 0.717) is 6.04 Å². The minimum atomic E-state index is 0.550. The summed E-state index contributed by atoms with van der Waals surface area (Å²) in [7, 11) is 4.07. The molecular weight excluding hydrogens is 296 g/mol. The third-order valence-corrected chi connectivity index (χ3v) is 5.02. The van der Waals surface area contributed by atoms with E-state index in [1.165, 1.54) is 24.0 Å². The van der Waals surface area contributed by atoms with Gasteiger partial charge in [0.05, 0.1) is 0 Å². The molecule has 1 atom stereocenters. The highest BCUT2D eigenvalue weighted by Crippen LogP contribution is 2.16. The molecule has 4 heteroatoms. The highest BCUT2D eigenvalue weighted by Gasteiger charge is 2.19. The van der Waals surface area contributed by atoms with Crippen LogP contribution in [0.25, 0.3) is 0 Å². The third-order valence-electron chi connectivity index (χ3n) is 5.02. The molecule has 2 rings (SSSR count). The van der Waals surface area contributed by atoms with Gasteiger partial charge in [-0.05, 0) is 50.8 Å². The van der Waals surface area contributed by atoms with Crippen LogP contribution in [0.2, 0.25) is 0 Å². The summed E-state index contributed by atoms with van der Waals surface area (Å²) in [5, 5.41) is 3.58. The summed E-state index contributed by atoms with van der Waals surface area (Å²) in [6, 6.07) is 9.27. The number of likely N-dealkylation sites (tertiary alicyclic amines) is 1. The van der Waals surface area contributed by atoms with Gasteiger partial charge in [-0.25, -0.2) is 0 Å². The fourth-order valence-electron chi connectivity index (χ4n) is 3.22. The van der Waals surface area contributed by atoms with Crippen molar-refractivity contribution >= 4 is 5.96 Å². The summed E-state index contributed by atoms with van der Waals surface area (Å²) in [5.74, 6) is 1.79. The highest BCUT2D eigenvalue weighted by atomic mass is 15.3. The van der Waals surface area contributed by atoms with Gasteiger partial charge in [-0.15, -0.1) is 0 Å². The van der Waals surface area contributed by atoms with E-state index in [0.717, 1.165) is 38.1 Å². The Labute approximate surface area is 147 Å². The number of nitrogens with zero attached hydrogens (tertiary/aromatic N) is 3. The van der Waals surface area contributed by atoms with E-state index in [1.54, 1.807) is 0 Å². The topological polar surface area (TPSA) is 30.9 Å². The summed E-state index contributed by atoms with van der Waals surface area (Å²) >= 11 is 0. The summed E-state index contributed by atoms with van der Waals surface area (Å²) in [4.78, 5) is 9.28. The van der Waals surface area contributed by atoms with Crippen molar-refractivity contribution in [2.75, 3.05) is 27.2 Å². The average molecular weight is 331 g/mol. The van der Waals surface area contributed by atoms with Crippen molar-refractivity contribution in [1.29, 1.82) is 0 Å². The molecule has 0 aromatic heterocycles. The SMILES string of the molecule is CN=C(NCc1ccccc1CN(C)C(C)C)N1CCCC(C)C1. The van der Waals surface area contributed by atoms with Crippen molar-refractivity contribution in [2.45, 2.75) is 52.7 Å². The van der Waals surface area contributed by atoms with Crippen molar-refractivity contribution < 1.29 is 0 Å². The fourth-order valence-corrected chi connectivity index (χ4v) is 3.22. The summed E-state index contributed by atoms with van der Waals surface area (Å²) in [6.45, 7) is 10.8. The second kappa shape index (κ2) is 9.07. The standard InChI is InChI=1S/C20H34N4/c1-16(2)23(5)15-19-11-7-6-10-18(19)13-22-20(21-4)24-12-8-9-17(3)14-24/h6-7,10-11,16-17H,8-9,12-15H2,1-5H3,(H,21,22). The maximum atomic E-state index is 4.50. The smallest absolute Gasteiger partial charge is 0.193 e. The lowest BCUT2D eigenvalue weighted by atomic mass is 10.0. The second-order valence-electron chi connectivity index (χ2n) is 7.37. The minimum absolute atomic E-state index is 0.550. The zero-order valence-corrected chi connectivity index (χ0v) is 16.0. The maximum Gasteiger partial charge on any atom is 0.193 e. The number of piperidine rings is 1. The number of aliphatic imine (C=N–C) groups is 1. The molecule has 1 fully saturated rings. The van der Waals surface area contributed by atoms with Crippen LogP contribution in [-0.4, -0.2) is 49.0 Å². The Hall–Kier alpha value is -1.55. The van der Waals surface area contributed by atoms with Crippen molar-refractivity contribution in [3.05, 3.63) is 35.4 Å². The van der Waals surface area contributed by atoms with Crippen LogP contribution < -0.4 is 5.32 Å². The van der Waals surface area contributed by atoms with Crippen molar-refractivity contribution in [3.63, 3.8) is 0 Å². The molecule has 1 saturated heterocycles. The Morgan fingerprint density at radius 1 is 1.33 bits per heavy atom. The highest BCUT2D eigenvalue weighted by molar-refractivity contribution is 5.80. The first-order valence-corrected chi connectivity index (χ1v) is 9.24. The lowest BCUT2D eigenvalue weighted by Crippen LogP contribution is -2.46. The van der Waals surface area contributed by atoms with E-state index in [9.17, 15) is 0 Å². The van der Waals surface area contributed by atoms with Crippen LogP contribution in [0.3, 0.4) is 0 Å². The largest absolute Gasteiger partial charge is 0.352 e. The van der Waals surface area contributed by atoms with Gasteiger partial charge in [-0.3, -0.25) is 9.89 Å². The molecule has 1 heterocycles. The Bertz CT molecular complexity index is 538. The zero-order valence-electron chi connectivity index (χ0n) is 16.0. The second-order valence-corrected chi connectivity index (χ2v) is 7.37.